The van der Waals surface area contributed by atoms with E-state index in [1.165, 1.54) is 31.2 Å². The molecule has 0 aromatic heterocycles. The van der Waals surface area contributed by atoms with Crippen molar-refractivity contribution in [1.82, 2.24) is 0 Å². The van der Waals surface area contributed by atoms with Gasteiger partial charge in [-0.1, -0.05) is 12.1 Å². The number of benzene rings is 1. The van der Waals surface area contributed by atoms with Crippen LogP contribution in [-0.2, 0) is 9.59 Å². The highest BCUT2D eigenvalue weighted by Crippen LogP contribution is 2.20. The Balaban J connectivity index is 3.03. The largest absolute Gasteiger partial charge is 0.507 e. The predicted octanol–water partition coefficient (Wildman–Crippen LogP) is 2.21. The summed E-state index contributed by atoms with van der Waals surface area (Å²) in [5.74, 6) is 0.00832. The molecule has 82 valence electrons. The number of ketones is 1. The third-order valence-corrected chi connectivity index (χ3v) is 1.92. The van der Waals surface area contributed by atoms with E-state index in [-0.39, 0.29) is 11.5 Å². The summed E-state index contributed by atoms with van der Waals surface area (Å²) in [6.45, 7) is 1.43. The molecule has 0 saturated carbocycles. The Morgan fingerprint density at radius 3 is 2.69 bits per heavy atom. The van der Waals surface area contributed by atoms with Crippen LogP contribution >= 0.6 is 0 Å². The van der Waals surface area contributed by atoms with Gasteiger partial charge in [-0.3, -0.25) is 9.59 Å². The van der Waals surface area contributed by atoms with E-state index in [1.807, 2.05) is 0 Å². The van der Waals surface area contributed by atoms with Crippen molar-refractivity contribution in [3.8, 4) is 5.75 Å². The number of allylic oxidation sites excluding steroid dienone is 2. The van der Waals surface area contributed by atoms with Crippen molar-refractivity contribution in [2.45, 2.75) is 6.92 Å². The van der Waals surface area contributed by atoms with Crippen LogP contribution in [0.4, 0.5) is 0 Å². The molecule has 0 radical (unpaired) electrons. The lowest BCUT2D eigenvalue weighted by Crippen LogP contribution is -1.82. The average molecular weight is 216 g/mol. The standard InChI is InChI=1S/C13H12O3/c1-10(15)4-6-12-9-11(3-2-8-14)5-7-13(12)16/h2-9,16H,1H3. The Hall–Kier alpha value is -2.16. The van der Waals surface area contributed by atoms with Crippen molar-refractivity contribution in [2.75, 3.05) is 0 Å². The molecule has 0 saturated heterocycles. The first-order valence-electron chi connectivity index (χ1n) is 4.77. The van der Waals surface area contributed by atoms with Gasteiger partial charge in [-0.2, -0.15) is 0 Å². The number of aromatic hydroxyl groups is 1. The van der Waals surface area contributed by atoms with Gasteiger partial charge >= 0.3 is 0 Å². The van der Waals surface area contributed by atoms with Crippen LogP contribution in [0.15, 0.2) is 30.4 Å². The summed E-state index contributed by atoms with van der Waals surface area (Å²) in [5.41, 5.74) is 1.33. The quantitative estimate of drug-likeness (QED) is 0.620. The summed E-state index contributed by atoms with van der Waals surface area (Å²) in [5, 5.41) is 9.52. The Bertz CT molecular complexity index is 456. The van der Waals surface area contributed by atoms with E-state index < -0.39 is 0 Å². The van der Waals surface area contributed by atoms with E-state index in [0.717, 1.165) is 5.56 Å². The van der Waals surface area contributed by atoms with Gasteiger partial charge in [-0.15, -0.1) is 0 Å². The number of carbonyl (C=O) groups excluding carboxylic acids is 2. The molecule has 0 fully saturated rings. The minimum atomic E-state index is -0.0896. The molecule has 0 heterocycles. The number of hydrogen-bond acceptors (Lipinski definition) is 3. The number of rotatable bonds is 4. The van der Waals surface area contributed by atoms with Crippen molar-refractivity contribution in [2.24, 2.45) is 0 Å². The highest BCUT2D eigenvalue weighted by atomic mass is 16.3. The molecule has 16 heavy (non-hydrogen) atoms. The fourth-order valence-corrected chi connectivity index (χ4v) is 1.17. The Labute approximate surface area is 93.7 Å². The van der Waals surface area contributed by atoms with Crippen molar-refractivity contribution in [3.63, 3.8) is 0 Å². The monoisotopic (exact) mass is 216 g/mol. The second-order valence-corrected chi connectivity index (χ2v) is 3.26. The maximum Gasteiger partial charge on any atom is 0.152 e. The number of aldehydes is 1. The van der Waals surface area contributed by atoms with E-state index in [4.69, 9.17) is 0 Å². The van der Waals surface area contributed by atoms with Gasteiger partial charge in [0.25, 0.3) is 0 Å². The number of phenolic OH excluding ortho intramolecular Hbond substituents is 1. The van der Waals surface area contributed by atoms with Crippen LogP contribution in [0.25, 0.3) is 12.2 Å². The van der Waals surface area contributed by atoms with Gasteiger partial charge in [-0.25, -0.2) is 0 Å². The SMILES string of the molecule is CC(=O)C=Cc1cc(C=CC=O)ccc1O. The number of phenols is 1. The molecule has 0 aliphatic rings. The normalized spacial score (nSPS) is 11.1. The first-order chi connectivity index (χ1) is 7.63. The minimum Gasteiger partial charge on any atom is -0.507 e. The third kappa shape index (κ3) is 3.53. The van der Waals surface area contributed by atoms with Crippen LogP contribution in [0.1, 0.15) is 18.1 Å². The Kier molecular flexibility index (Phi) is 4.21. The molecule has 0 aliphatic carbocycles. The Morgan fingerprint density at radius 2 is 2.06 bits per heavy atom. The molecule has 3 heteroatoms. The number of carbonyl (C=O) groups is 2. The fourth-order valence-electron chi connectivity index (χ4n) is 1.17. The van der Waals surface area contributed by atoms with Gasteiger partial charge in [0.15, 0.2) is 5.78 Å². The second kappa shape index (κ2) is 5.66. The molecule has 0 spiro atoms. The van der Waals surface area contributed by atoms with Crippen LogP contribution < -0.4 is 0 Å². The van der Waals surface area contributed by atoms with Crippen LogP contribution in [0, 0.1) is 0 Å². The second-order valence-electron chi connectivity index (χ2n) is 3.26. The molecule has 1 rings (SSSR count). The van der Waals surface area contributed by atoms with Gasteiger partial charge in [-0.05, 0) is 42.8 Å². The fraction of sp³-hybridized carbons (Fsp3) is 0.0769. The molecule has 0 atom stereocenters. The molecule has 0 unspecified atom stereocenters. The van der Waals surface area contributed by atoms with Crippen LogP contribution in [0.3, 0.4) is 0 Å². The van der Waals surface area contributed by atoms with Crippen molar-refractivity contribution >= 4 is 24.2 Å². The summed E-state index contributed by atoms with van der Waals surface area (Å²) in [6, 6.07) is 4.89. The molecule has 1 N–H and O–H groups in total. The zero-order valence-electron chi connectivity index (χ0n) is 8.88. The highest BCUT2D eigenvalue weighted by Gasteiger charge is 1.98. The van der Waals surface area contributed by atoms with Crippen LogP contribution in [0.5, 0.6) is 5.75 Å². The van der Waals surface area contributed by atoms with Crippen molar-refractivity contribution in [1.29, 1.82) is 0 Å². The third-order valence-electron chi connectivity index (χ3n) is 1.92. The molecule has 1 aromatic carbocycles. The minimum absolute atomic E-state index is 0.0896. The van der Waals surface area contributed by atoms with E-state index in [9.17, 15) is 14.7 Å². The van der Waals surface area contributed by atoms with Gasteiger partial charge in [0.1, 0.15) is 12.0 Å². The molecule has 0 bridgehead atoms. The lowest BCUT2D eigenvalue weighted by atomic mass is 10.1. The van der Waals surface area contributed by atoms with E-state index >= 15 is 0 Å². The molecule has 0 amide bonds. The van der Waals surface area contributed by atoms with E-state index in [2.05, 4.69) is 0 Å². The van der Waals surface area contributed by atoms with Crippen molar-refractivity contribution < 1.29 is 14.7 Å². The lowest BCUT2D eigenvalue weighted by molar-refractivity contribution is -0.112. The predicted molar refractivity (Wildman–Crippen MR) is 62.9 cm³/mol. The Morgan fingerprint density at radius 1 is 1.31 bits per heavy atom. The van der Waals surface area contributed by atoms with Gasteiger partial charge in [0.05, 0.1) is 0 Å². The summed E-state index contributed by atoms with van der Waals surface area (Å²) in [4.78, 5) is 20.9. The molecule has 3 nitrogen and oxygen atoms in total. The molecule has 0 aliphatic heterocycles. The van der Waals surface area contributed by atoms with Crippen LogP contribution in [-0.4, -0.2) is 17.2 Å². The topological polar surface area (TPSA) is 54.4 Å². The maximum atomic E-state index is 10.8. The van der Waals surface area contributed by atoms with Gasteiger partial charge < -0.3 is 5.11 Å². The molecular weight excluding hydrogens is 204 g/mol. The van der Waals surface area contributed by atoms with E-state index in [0.29, 0.717) is 11.8 Å². The smallest absolute Gasteiger partial charge is 0.152 e. The van der Waals surface area contributed by atoms with Crippen molar-refractivity contribution in [3.05, 3.63) is 41.5 Å². The average Bonchev–Trinajstić information content (AvgIpc) is 2.26. The highest BCUT2D eigenvalue weighted by molar-refractivity contribution is 5.92. The zero-order chi connectivity index (χ0) is 12.0. The van der Waals surface area contributed by atoms with Gasteiger partial charge in [0, 0.05) is 5.56 Å². The summed E-state index contributed by atoms with van der Waals surface area (Å²) in [7, 11) is 0. The first kappa shape index (κ1) is 11.9. The van der Waals surface area contributed by atoms with Crippen LogP contribution in [0.2, 0.25) is 0 Å². The summed E-state index contributed by atoms with van der Waals surface area (Å²) < 4.78 is 0. The molecular formula is C13H12O3. The lowest BCUT2D eigenvalue weighted by Gasteiger charge is -2.00. The van der Waals surface area contributed by atoms with Gasteiger partial charge in [0.2, 0.25) is 0 Å². The zero-order valence-corrected chi connectivity index (χ0v) is 8.88. The maximum absolute atomic E-state index is 10.8. The van der Waals surface area contributed by atoms with E-state index in [1.54, 1.807) is 18.2 Å². The molecule has 1 aromatic rings. The number of hydrogen-bond donors (Lipinski definition) is 1. The summed E-state index contributed by atoms with van der Waals surface area (Å²) >= 11 is 0. The summed E-state index contributed by atoms with van der Waals surface area (Å²) in [6.07, 6.45) is 6.58. The first-order valence-corrected chi connectivity index (χ1v) is 4.77.